The van der Waals surface area contributed by atoms with Crippen LogP contribution in [0.5, 0.6) is 11.5 Å². The van der Waals surface area contributed by atoms with E-state index in [2.05, 4.69) is 106 Å². The van der Waals surface area contributed by atoms with Gasteiger partial charge in [0.05, 0.1) is 5.69 Å². The first kappa shape index (κ1) is 31.5. The Hall–Kier alpha value is -4.47. The van der Waals surface area contributed by atoms with Crippen LogP contribution in [0.3, 0.4) is 0 Å². The second-order valence-electron chi connectivity index (χ2n) is 11.8. The Morgan fingerprint density at radius 1 is 0.804 bits per heavy atom. The van der Waals surface area contributed by atoms with Crippen molar-refractivity contribution in [2.45, 2.75) is 53.4 Å². The summed E-state index contributed by atoms with van der Waals surface area (Å²) in [6.07, 6.45) is 3.55. The van der Waals surface area contributed by atoms with Gasteiger partial charge in [-0.1, -0.05) is 75.7 Å². The number of hydrogen-bond donors (Lipinski definition) is 0. The number of pyridine rings is 1. The van der Waals surface area contributed by atoms with Gasteiger partial charge in [0.15, 0.2) is 0 Å². The zero-order valence-corrected chi connectivity index (χ0v) is 29.0. The van der Waals surface area contributed by atoms with Gasteiger partial charge in [0.1, 0.15) is 5.82 Å². The minimum absolute atomic E-state index is 0. The number of benzene rings is 4. The van der Waals surface area contributed by atoms with E-state index < -0.39 is 0 Å². The van der Waals surface area contributed by atoms with Crippen molar-refractivity contribution in [1.29, 1.82) is 0 Å². The SMILES string of the molecule is CCc1nn(-c2[c-]c(Oc3[c-]c4c(cc3)c3cc(C(C)C)ccc3n4-c3cc(C)ccn3)ccc2)c(CC)c1-c1ccccc1.[Pt+2]. The van der Waals surface area contributed by atoms with Crippen molar-refractivity contribution in [1.82, 2.24) is 19.3 Å². The molecule has 0 aliphatic heterocycles. The molecular weight excluding hydrogens is 748 g/mol. The smallest absolute Gasteiger partial charge is 0.509 e. The predicted molar refractivity (Wildman–Crippen MR) is 183 cm³/mol. The largest absolute Gasteiger partial charge is 2.00 e. The third-order valence-electron chi connectivity index (χ3n) is 8.46. The summed E-state index contributed by atoms with van der Waals surface area (Å²) in [7, 11) is 0. The molecule has 0 fully saturated rings. The Kier molecular flexibility index (Phi) is 8.97. The zero-order chi connectivity index (χ0) is 31.1. The maximum atomic E-state index is 6.46. The van der Waals surface area contributed by atoms with Crippen molar-refractivity contribution in [2.24, 2.45) is 0 Å². The third kappa shape index (κ3) is 5.69. The van der Waals surface area contributed by atoms with E-state index in [0.717, 1.165) is 57.7 Å². The topological polar surface area (TPSA) is 44.9 Å². The molecule has 0 spiro atoms. The molecule has 0 bridgehead atoms. The van der Waals surface area contributed by atoms with Gasteiger partial charge in [-0.3, -0.25) is 4.68 Å². The van der Waals surface area contributed by atoms with E-state index in [1.807, 2.05) is 47.3 Å². The Balaban J connectivity index is 0.00000372. The maximum Gasteiger partial charge on any atom is 2.00 e. The van der Waals surface area contributed by atoms with Crippen molar-refractivity contribution in [3.05, 3.63) is 132 Å². The van der Waals surface area contributed by atoms with Crippen LogP contribution in [0.1, 0.15) is 56.1 Å². The summed E-state index contributed by atoms with van der Waals surface area (Å²) in [5, 5.41) is 7.34. The number of ether oxygens (including phenoxy) is 1. The van der Waals surface area contributed by atoms with Gasteiger partial charge < -0.3 is 9.30 Å². The minimum Gasteiger partial charge on any atom is -0.509 e. The van der Waals surface area contributed by atoms with E-state index in [9.17, 15) is 0 Å². The van der Waals surface area contributed by atoms with Crippen molar-refractivity contribution in [2.75, 3.05) is 0 Å². The molecule has 3 heterocycles. The fraction of sp³-hybridized carbons (Fsp3) is 0.200. The first-order chi connectivity index (χ1) is 21.9. The van der Waals surface area contributed by atoms with E-state index in [-0.39, 0.29) is 21.1 Å². The molecule has 5 nitrogen and oxygen atoms in total. The molecular formula is C40H36N4OPt. The van der Waals surface area contributed by atoms with Crippen LogP contribution in [-0.2, 0) is 33.9 Å². The van der Waals surface area contributed by atoms with E-state index in [1.165, 1.54) is 22.1 Å². The molecule has 0 N–H and O–H groups in total. The summed E-state index contributed by atoms with van der Waals surface area (Å²) in [6, 6.07) is 38.5. The molecule has 232 valence electrons. The Bertz CT molecular complexity index is 2160. The molecule has 0 amide bonds. The Morgan fingerprint density at radius 2 is 1.61 bits per heavy atom. The molecule has 0 saturated heterocycles. The summed E-state index contributed by atoms with van der Waals surface area (Å²) < 4.78 is 10.7. The van der Waals surface area contributed by atoms with E-state index in [0.29, 0.717) is 17.4 Å². The predicted octanol–water partition coefficient (Wildman–Crippen LogP) is 9.98. The van der Waals surface area contributed by atoms with Crippen LogP contribution >= 0.6 is 0 Å². The van der Waals surface area contributed by atoms with E-state index in [1.54, 1.807) is 0 Å². The van der Waals surface area contributed by atoms with Crippen LogP contribution in [-0.4, -0.2) is 19.3 Å². The third-order valence-corrected chi connectivity index (χ3v) is 8.46. The average molecular weight is 784 g/mol. The van der Waals surface area contributed by atoms with Gasteiger partial charge in [0.2, 0.25) is 0 Å². The monoisotopic (exact) mass is 783 g/mol. The second-order valence-corrected chi connectivity index (χ2v) is 11.8. The summed E-state index contributed by atoms with van der Waals surface area (Å²) in [5.41, 5.74) is 9.96. The quantitative estimate of drug-likeness (QED) is 0.144. The van der Waals surface area contributed by atoms with Crippen molar-refractivity contribution in [3.63, 3.8) is 0 Å². The van der Waals surface area contributed by atoms with Gasteiger partial charge in [-0.2, -0.15) is 17.2 Å². The molecule has 46 heavy (non-hydrogen) atoms. The van der Waals surface area contributed by atoms with Crippen LogP contribution in [0.25, 0.3) is 44.4 Å². The fourth-order valence-corrected chi connectivity index (χ4v) is 6.19. The van der Waals surface area contributed by atoms with E-state index in [4.69, 9.17) is 14.8 Å². The summed E-state index contributed by atoms with van der Waals surface area (Å²) in [4.78, 5) is 4.74. The molecule has 7 rings (SSSR count). The standard InChI is InChI=1S/C40H36N4O.Pt/c1-6-35-40(28-12-9-8-10-13-28)36(7-2)44(42-35)30-14-11-15-31(24-30)45-32-17-18-33-34-23-29(26(3)4)16-19-37(34)43(38(33)25-32)39-22-27(5)20-21-41-39;/h8-23,26H,6-7H2,1-5H3;/q-2;+2. The molecule has 0 atom stereocenters. The number of aromatic nitrogens is 4. The van der Waals surface area contributed by atoms with Gasteiger partial charge >= 0.3 is 21.1 Å². The first-order valence-corrected chi connectivity index (χ1v) is 15.7. The normalized spacial score (nSPS) is 11.3. The number of nitrogens with zero attached hydrogens (tertiary/aromatic N) is 4. The van der Waals surface area contributed by atoms with Gasteiger partial charge in [-0.05, 0) is 71.6 Å². The second kappa shape index (κ2) is 13.1. The van der Waals surface area contributed by atoms with Crippen LogP contribution in [0.4, 0.5) is 0 Å². The van der Waals surface area contributed by atoms with Crippen LogP contribution in [0.2, 0.25) is 0 Å². The van der Waals surface area contributed by atoms with Crippen molar-refractivity contribution >= 4 is 21.8 Å². The van der Waals surface area contributed by atoms with Crippen LogP contribution < -0.4 is 4.74 Å². The number of hydrogen-bond acceptors (Lipinski definition) is 3. The number of fused-ring (bicyclic) bond motifs is 3. The van der Waals surface area contributed by atoms with Crippen molar-refractivity contribution < 1.29 is 25.8 Å². The molecule has 6 heteroatoms. The zero-order valence-electron chi connectivity index (χ0n) is 26.7. The van der Waals surface area contributed by atoms with Gasteiger partial charge in [0, 0.05) is 34.5 Å². The van der Waals surface area contributed by atoms with Crippen molar-refractivity contribution in [3.8, 4) is 34.1 Å². The summed E-state index contributed by atoms with van der Waals surface area (Å²) >= 11 is 0. The van der Waals surface area contributed by atoms with Gasteiger partial charge in [-0.25, -0.2) is 4.98 Å². The molecule has 7 aromatic rings. The Labute approximate surface area is 285 Å². The molecule has 0 aliphatic rings. The Morgan fingerprint density at radius 3 is 2.35 bits per heavy atom. The molecule has 3 aromatic heterocycles. The van der Waals surface area contributed by atoms with Crippen LogP contribution in [0, 0.1) is 19.1 Å². The molecule has 0 radical (unpaired) electrons. The minimum atomic E-state index is 0. The number of aryl methyl sites for hydroxylation is 2. The van der Waals surface area contributed by atoms with Gasteiger partial charge in [0.25, 0.3) is 0 Å². The molecule has 0 unspecified atom stereocenters. The van der Waals surface area contributed by atoms with Crippen LogP contribution in [0.15, 0.2) is 97.2 Å². The van der Waals surface area contributed by atoms with Gasteiger partial charge in [-0.15, -0.1) is 35.7 Å². The summed E-state index contributed by atoms with van der Waals surface area (Å²) in [5.74, 6) is 2.52. The summed E-state index contributed by atoms with van der Waals surface area (Å²) in [6.45, 7) is 10.9. The molecule has 0 saturated carbocycles. The molecule has 0 aliphatic carbocycles. The molecule has 4 aromatic carbocycles. The first-order valence-electron chi connectivity index (χ1n) is 15.7. The maximum absolute atomic E-state index is 6.46. The fourth-order valence-electron chi connectivity index (χ4n) is 6.19. The number of rotatable bonds is 8. The van der Waals surface area contributed by atoms with E-state index >= 15 is 0 Å². The average Bonchev–Trinajstić information content (AvgIpc) is 3.60.